The lowest BCUT2D eigenvalue weighted by molar-refractivity contribution is -0.122. The first-order valence-electron chi connectivity index (χ1n) is 3.46. The summed E-state index contributed by atoms with van der Waals surface area (Å²) in [5.41, 5.74) is 4.90. The minimum absolute atomic E-state index is 0.167. The van der Waals surface area contributed by atoms with Crippen LogP contribution in [0.3, 0.4) is 0 Å². The SMILES string of the molecule is CC.COCC(C)C(N)=O. The molecule has 2 N–H and O–H groups in total. The Morgan fingerprint density at radius 1 is 1.60 bits per heavy atom. The van der Waals surface area contributed by atoms with E-state index in [0.29, 0.717) is 6.61 Å². The highest BCUT2D eigenvalue weighted by molar-refractivity contribution is 5.76. The van der Waals surface area contributed by atoms with Gasteiger partial charge in [-0.15, -0.1) is 0 Å². The van der Waals surface area contributed by atoms with E-state index >= 15 is 0 Å². The summed E-state index contributed by atoms with van der Waals surface area (Å²) in [6.07, 6.45) is 0. The summed E-state index contributed by atoms with van der Waals surface area (Å²) in [6, 6.07) is 0. The fraction of sp³-hybridized carbons (Fsp3) is 0.857. The number of hydrogen-bond donors (Lipinski definition) is 1. The van der Waals surface area contributed by atoms with E-state index in [2.05, 4.69) is 4.74 Å². The average Bonchev–Trinajstić information content (AvgIpc) is 1.93. The lowest BCUT2D eigenvalue weighted by Gasteiger charge is -2.02. The lowest BCUT2D eigenvalue weighted by Crippen LogP contribution is -2.23. The predicted octanol–water partition coefficient (Wildman–Crippen LogP) is 0.780. The number of carbonyl (C=O) groups excluding carboxylic acids is 1. The summed E-state index contributed by atoms with van der Waals surface area (Å²) in [5.74, 6) is -0.480. The number of hydrogen-bond acceptors (Lipinski definition) is 2. The van der Waals surface area contributed by atoms with Gasteiger partial charge in [0.15, 0.2) is 0 Å². The van der Waals surface area contributed by atoms with E-state index in [9.17, 15) is 4.79 Å². The Bertz CT molecular complexity index is 83.7. The van der Waals surface area contributed by atoms with Crippen molar-refractivity contribution in [3.05, 3.63) is 0 Å². The fourth-order valence-electron chi connectivity index (χ4n) is 0.332. The van der Waals surface area contributed by atoms with Crippen LogP contribution in [0, 0.1) is 5.92 Å². The molecule has 3 nitrogen and oxygen atoms in total. The van der Waals surface area contributed by atoms with E-state index in [1.807, 2.05) is 13.8 Å². The van der Waals surface area contributed by atoms with Gasteiger partial charge in [-0.05, 0) is 0 Å². The van der Waals surface area contributed by atoms with Crippen LogP contribution in [0.2, 0.25) is 0 Å². The van der Waals surface area contributed by atoms with Crippen molar-refractivity contribution in [2.45, 2.75) is 20.8 Å². The molecule has 0 spiro atoms. The van der Waals surface area contributed by atoms with Gasteiger partial charge in [0.2, 0.25) is 5.91 Å². The van der Waals surface area contributed by atoms with Gasteiger partial charge in [0.05, 0.1) is 12.5 Å². The molecule has 0 bridgehead atoms. The number of nitrogens with two attached hydrogens (primary N) is 1. The van der Waals surface area contributed by atoms with E-state index in [0.717, 1.165) is 0 Å². The summed E-state index contributed by atoms with van der Waals surface area (Å²) >= 11 is 0. The van der Waals surface area contributed by atoms with E-state index in [1.54, 1.807) is 14.0 Å². The van der Waals surface area contributed by atoms with Gasteiger partial charge in [-0.1, -0.05) is 20.8 Å². The van der Waals surface area contributed by atoms with Crippen LogP contribution in [0.25, 0.3) is 0 Å². The van der Waals surface area contributed by atoms with Gasteiger partial charge >= 0.3 is 0 Å². The Hall–Kier alpha value is -0.570. The summed E-state index contributed by atoms with van der Waals surface area (Å²) < 4.78 is 4.66. The van der Waals surface area contributed by atoms with Crippen LogP contribution >= 0.6 is 0 Å². The van der Waals surface area contributed by atoms with Crippen molar-refractivity contribution in [2.24, 2.45) is 11.7 Å². The number of amides is 1. The zero-order valence-corrected chi connectivity index (χ0v) is 7.18. The summed E-state index contributed by atoms with van der Waals surface area (Å²) in [5, 5.41) is 0. The highest BCUT2D eigenvalue weighted by Gasteiger charge is 2.05. The molecule has 0 rings (SSSR count). The topological polar surface area (TPSA) is 52.3 Å². The van der Waals surface area contributed by atoms with Crippen LogP contribution in [-0.4, -0.2) is 19.6 Å². The van der Waals surface area contributed by atoms with E-state index < -0.39 is 0 Å². The zero-order chi connectivity index (χ0) is 8.57. The smallest absolute Gasteiger partial charge is 0.222 e. The molecule has 3 heteroatoms. The summed E-state index contributed by atoms with van der Waals surface area (Å²) in [7, 11) is 1.54. The quantitative estimate of drug-likeness (QED) is 0.641. The minimum Gasteiger partial charge on any atom is -0.384 e. The molecule has 1 atom stereocenters. The van der Waals surface area contributed by atoms with Crippen LogP contribution in [0.4, 0.5) is 0 Å². The Kier molecular flexibility index (Phi) is 10.2. The van der Waals surface area contributed by atoms with Gasteiger partial charge < -0.3 is 10.5 Å². The summed E-state index contributed by atoms with van der Waals surface area (Å²) in [6.45, 7) is 6.14. The molecule has 10 heavy (non-hydrogen) atoms. The van der Waals surface area contributed by atoms with Gasteiger partial charge in [-0.3, -0.25) is 4.79 Å². The number of carbonyl (C=O) groups is 1. The number of primary amides is 1. The molecule has 0 aliphatic rings. The van der Waals surface area contributed by atoms with Crippen LogP contribution in [-0.2, 0) is 9.53 Å². The molecule has 0 aliphatic heterocycles. The first-order valence-corrected chi connectivity index (χ1v) is 3.46. The molecule has 0 aromatic carbocycles. The maximum absolute atomic E-state index is 10.2. The molecule has 0 aliphatic carbocycles. The third-order valence-corrected chi connectivity index (χ3v) is 0.902. The third-order valence-electron chi connectivity index (χ3n) is 0.902. The van der Waals surface area contributed by atoms with Gasteiger partial charge in [-0.25, -0.2) is 0 Å². The van der Waals surface area contributed by atoms with Gasteiger partial charge in [0.1, 0.15) is 0 Å². The van der Waals surface area contributed by atoms with Crippen molar-refractivity contribution in [3.63, 3.8) is 0 Å². The van der Waals surface area contributed by atoms with Crippen molar-refractivity contribution in [1.29, 1.82) is 0 Å². The molecule has 0 radical (unpaired) electrons. The van der Waals surface area contributed by atoms with Gasteiger partial charge in [0, 0.05) is 7.11 Å². The Labute approximate surface area is 62.5 Å². The first-order chi connectivity index (χ1) is 4.68. The van der Waals surface area contributed by atoms with Crippen molar-refractivity contribution in [3.8, 4) is 0 Å². The van der Waals surface area contributed by atoms with Crippen LogP contribution in [0.5, 0.6) is 0 Å². The van der Waals surface area contributed by atoms with Crippen molar-refractivity contribution in [1.82, 2.24) is 0 Å². The van der Waals surface area contributed by atoms with Crippen LogP contribution in [0.15, 0.2) is 0 Å². The van der Waals surface area contributed by atoms with Crippen LogP contribution < -0.4 is 5.73 Å². The predicted molar refractivity (Wildman–Crippen MR) is 41.6 cm³/mol. The molecular formula is C7H17NO2. The number of rotatable bonds is 3. The maximum Gasteiger partial charge on any atom is 0.222 e. The van der Waals surface area contributed by atoms with E-state index in [1.165, 1.54) is 0 Å². The van der Waals surface area contributed by atoms with Crippen LogP contribution in [0.1, 0.15) is 20.8 Å². The van der Waals surface area contributed by atoms with E-state index in [-0.39, 0.29) is 11.8 Å². The molecule has 62 valence electrons. The Morgan fingerprint density at radius 2 is 2.00 bits per heavy atom. The average molecular weight is 147 g/mol. The van der Waals surface area contributed by atoms with Gasteiger partial charge in [0.25, 0.3) is 0 Å². The van der Waals surface area contributed by atoms with Crippen molar-refractivity contribution < 1.29 is 9.53 Å². The molecule has 0 fully saturated rings. The second-order valence-electron chi connectivity index (χ2n) is 1.76. The summed E-state index contributed by atoms with van der Waals surface area (Å²) in [4.78, 5) is 10.2. The largest absolute Gasteiger partial charge is 0.384 e. The Balaban J connectivity index is 0. The minimum atomic E-state index is -0.313. The Morgan fingerprint density at radius 3 is 2.10 bits per heavy atom. The van der Waals surface area contributed by atoms with Crippen molar-refractivity contribution >= 4 is 5.91 Å². The van der Waals surface area contributed by atoms with Gasteiger partial charge in [-0.2, -0.15) is 0 Å². The third kappa shape index (κ3) is 7.43. The molecule has 1 unspecified atom stereocenters. The lowest BCUT2D eigenvalue weighted by atomic mass is 10.2. The number of ether oxygens (including phenoxy) is 1. The highest BCUT2D eigenvalue weighted by Crippen LogP contribution is 1.90. The number of methoxy groups -OCH3 is 1. The molecular weight excluding hydrogens is 130 g/mol. The van der Waals surface area contributed by atoms with E-state index in [4.69, 9.17) is 5.73 Å². The second kappa shape index (κ2) is 8.43. The maximum atomic E-state index is 10.2. The fourth-order valence-corrected chi connectivity index (χ4v) is 0.332. The molecule has 0 aromatic rings. The molecule has 0 heterocycles. The normalized spacial score (nSPS) is 11.2. The molecule has 0 aromatic heterocycles. The first kappa shape index (κ1) is 12.1. The molecule has 0 saturated heterocycles. The standard InChI is InChI=1S/C5H11NO2.C2H6/c1-4(3-8-2)5(6)7;1-2/h4H,3H2,1-2H3,(H2,6,7);1-2H3. The highest BCUT2D eigenvalue weighted by atomic mass is 16.5. The monoisotopic (exact) mass is 147 g/mol. The molecule has 0 saturated carbocycles. The van der Waals surface area contributed by atoms with Crippen molar-refractivity contribution in [2.75, 3.05) is 13.7 Å². The molecule has 1 amide bonds. The zero-order valence-electron chi connectivity index (χ0n) is 7.18. The second-order valence-corrected chi connectivity index (χ2v) is 1.76.